The van der Waals surface area contributed by atoms with Gasteiger partial charge in [0, 0.05) is 12.8 Å². The Morgan fingerprint density at radius 3 is 2.64 bits per heavy atom. The van der Waals surface area contributed by atoms with Crippen LogP contribution in [0.1, 0.15) is 59.3 Å². The summed E-state index contributed by atoms with van der Waals surface area (Å²) in [6.45, 7) is 7.13. The molecule has 1 heteroatoms. The SMILES string of the molecule is CC1(C)CCC[C@]2(C)CC(=O)CCC12. The average molecular weight is 194 g/mol. The fraction of sp³-hybridized carbons (Fsp3) is 0.923. The maximum Gasteiger partial charge on any atom is 0.133 e. The second kappa shape index (κ2) is 3.08. The highest BCUT2D eigenvalue weighted by Crippen LogP contribution is 2.56. The van der Waals surface area contributed by atoms with Crippen molar-refractivity contribution in [2.45, 2.75) is 59.3 Å². The largest absolute Gasteiger partial charge is 0.300 e. The lowest BCUT2D eigenvalue weighted by Crippen LogP contribution is -2.46. The third-order valence-electron chi connectivity index (χ3n) is 4.67. The zero-order chi connectivity index (χ0) is 10.4. The molecule has 0 N–H and O–H groups in total. The second-order valence-electron chi connectivity index (χ2n) is 6.30. The van der Waals surface area contributed by atoms with E-state index in [4.69, 9.17) is 0 Å². The van der Waals surface area contributed by atoms with Gasteiger partial charge in [0.05, 0.1) is 0 Å². The number of hydrogen-bond donors (Lipinski definition) is 0. The van der Waals surface area contributed by atoms with Crippen molar-refractivity contribution in [3.63, 3.8) is 0 Å². The van der Waals surface area contributed by atoms with Gasteiger partial charge in [-0.2, -0.15) is 0 Å². The maximum absolute atomic E-state index is 11.5. The Bertz CT molecular complexity index is 254. The molecule has 0 radical (unpaired) electrons. The van der Waals surface area contributed by atoms with E-state index in [-0.39, 0.29) is 0 Å². The van der Waals surface area contributed by atoms with Gasteiger partial charge in [0.1, 0.15) is 5.78 Å². The zero-order valence-corrected chi connectivity index (χ0v) is 9.73. The lowest BCUT2D eigenvalue weighted by molar-refractivity contribution is -0.131. The molecule has 2 rings (SSSR count). The highest BCUT2D eigenvalue weighted by Gasteiger charge is 2.48. The van der Waals surface area contributed by atoms with Crippen molar-refractivity contribution in [3.05, 3.63) is 0 Å². The lowest BCUT2D eigenvalue weighted by Gasteiger charge is -2.53. The van der Waals surface area contributed by atoms with Gasteiger partial charge in [0.15, 0.2) is 0 Å². The highest BCUT2D eigenvalue weighted by atomic mass is 16.1. The summed E-state index contributed by atoms with van der Waals surface area (Å²) in [5.74, 6) is 1.28. The summed E-state index contributed by atoms with van der Waals surface area (Å²) >= 11 is 0. The molecule has 0 spiro atoms. The molecule has 2 saturated carbocycles. The van der Waals surface area contributed by atoms with Crippen LogP contribution >= 0.6 is 0 Å². The molecule has 2 aliphatic rings. The molecule has 2 aliphatic carbocycles. The molecule has 1 unspecified atom stereocenters. The van der Waals surface area contributed by atoms with E-state index >= 15 is 0 Å². The van der Waals surface area contributed by atoms with Crippen LogP contribution in [0.3, 0.4) is 0 Å². The van der Waals surface area contributed by atoms with Crippen LogP contribution in [0.15, 0.2) is 0 Å². The van der Waals surface area contributed by atoms with Gasteiger partial charge >= 0.3 is 0 Å². The first kappa shape index (κ1) is 10.2. The lowest BCUT2D eigenvalue weighted by atomic mass is 9.51. The molecule has 0 saturated heterocycles. The van der Waals surface area contributed by atoms with Crippen LogP contribution < -0.4 is 0 Å². The molecule has 0 aliphatic heterocycles. The van der Waals surface area contributed by atoms with Gasteiger partial charge in [-0.15, -0.1) is 0 Å². The molecule has 0 aromatic rings. The molecule has 0 aromatic heterocycles. The molecule has 14 heavy (non-hydrogen) atoms. The summed E-state index contributed by atoms with van der Waals surface area (Å²) < 4.78 is 0. The first-order chi connectivity index (χ1) is 6.44. The molecular formula is C13H22O. The molecule has 0 heterocycles. The van der Waals surface area contributed by atoms with Crippen LogP contribution in [-0.2, 0) is 4.79 Å². The van der Waals surface area contributed by atoms with E-state index in [1.165, 1.54) is 19.3 Å². The summed E-state index contributed by atoms with van der Waals surface area (Å²) in [6.07, 6.45) is 6.76. The van der Waals surface area contributed by atoms with Crippen molar-refractivity contribution >= 4 is 5.78 Å². The Morgan fingerprint density at radius 2 is 1.93 bits per heavy atom. The summed E-state index contributed by atoms with van der Waals surface area (Å²) in [5, 5.41) is 0. The quantitative estimate of drug-likeness (QED) is 0.576. The van der Waals surface area contributed by atoms with Gasteiger partial charge in [0.2, 0.25) is 0 Å². The van der Waals surface area contributed by atoms with Crippen LogP contribution in [0, 0.1) is 16.7 Å². The number of carbonyl (C=O) groups is 1. The molecule has 80 valence electrons. The predicted octanol–water partition coefficient (Wildman–Crippen LogP) is 3.57. The van der Waals surface area contributed by atoms with Gasteiger partial charge in [-0.3, -0.25) is 4.79 Å². The number of Topliss-reactive ketones (excluding diaryl/α,β-unsaturated/α-hetero) is 1. The van der Waals surface area contributed by atoms with Crippen LogP contribution in [0.5, 0.6) is 0 Å². The fourth-order valence-corrected chi connectivity index (χ4v) is 4.03. The topological polar surface area (TPSA) is 17.1 Å². The van der Waals surface area contributed by atoms with Crippen LogP contribution in [-0.4, -0.2) is 5.78 Å². The molecule has 0 amide bonds. The van der Waals surface area contributed by atoms with Gasteiger partial charge < -0.3 is 0 Å². The van der Waals surface area contributed by atoms with E-state index in [1.54, 1.807) is 0 Å². The highest BCUT2D eigenvalue weighted by molar-refractivity contribution is 5.80. The Hall–Kier alpha value is -0.330. The zero-order valence-electron chi connectivity index (χ0n) is 9.73. The molecule has 2 atom stereocenters. The number of fused-ring (bicyclic) bond motifs is 1. The van der Waals surface area contributed by atoms with Crippen LogP contribution in [0.4, 0.5) is 0 Å². The number of hydrogen-bond acceptors (Lipinski definition) is 1. The van der Waals surface area contributed by atoms with Crippen molar-refractivity contribution in [2.24, 2.45) is 16.7 Å². The minimum absolute atomic E-state index is 0.330. The van der Waals surface area contributed by atoms with Crippen molar-refractivity contribution in [1.82, 2.24) is 0 Å². The molecule has 2 fully saturated rings. The normalized spacial score (nSPS) is 41.9. The van der Waals surface area contributed by atoms with E-state index < -0.39 is 0 Å². The van der Waals surface area contributed by atoms with Crippen LogP contribution in [0.2, 0.25) is 0 Å². The Morgan fingerprint density at radius 1 is 1.21 bits per heavy atom. The fourth-order valence-electron chi connectivity index (χ4n) is 4.03. The minimum Gasteiger partial charge on any atom is -0.300 e. The standard InChI is InChI=1S/C13H22O/c1-12(2)7-4-8-13(3)9-10(14)5-6-11(12)13/h11H,4-9H2,1-3H3/t11?,13-/m1/s1. The molecule has 0 aromatic carbocycles. The van der Waals surface area contributed by atoms with E-state index in [2.05, 4.69) is 20.8 Å². The Balaban J connectivity index is 2.25. The van der Waals surface area contributed by atoms with Gasteiger partial charge in [-0.05, 0) is 36.0 Å². The van der Waals surface area contributed by atoms with Crippen molar-refractivity contribution < 1.29 is 4.79 Å². The minimum atomic E-state index is 0.330. The summed E-state index contributed by atoms with van der Waals surface area (Å²) in [7, 11) is 0. The molecule has 0 bridgehead atoms. The van der Waals surface area contributed by atoms with Crippen molar-refractivity contribution in [2.75, 3.05) is 0 Å². The van der Waals surface area contributed by atoms with E-state index in [0.29, 0.717) is 16.6 Å². The van der Waals surface area contributed by atoms with Gasteiger partial charge in [-0.25, -0.2) is 0 Å². The summed E-state index contributed by atoms with van der Waals surface area (Å²) in [5.41, 5.74) is 0.796. The van der Waals surface area contributed by atoms with Crippen molar-refractivity contribution in [1.29, 1.82) is 0 Å². The van der Waals surface area contributed by atoms with Crippen molar-refractivity contribution in [3.8, 4) is 0 Å². The smallest absolute Gasteiger partial charge is 0.133 e. The first-order valence-electron chi connectivity index (χ1n) is 5.96. The molecular weight excluding hydrogens is 172 g/mol. The monoisotopic (exact) mass is 194 g/mol. The van der Waals surface area contributed by atoms with E-state index in [1.807, 2.05) is 0 Å². The van der Waals surface area contributed by atoms with Crippen LogP contribution in [0.25, 0.3) is 0 Å². The number of ketones is 1. The molecule has 1 nitrogen and oxygen atoms in total. The number of carbonyl (C=O) groups excluding carboxylic acids is 1. The number of rotatable bonds is 0. The maximum atomic E-state index is 11.5. The Kier molecular flexibility index (Phi) is 2.24. The predicted molar refractivity (Wildman–Crippen MR) is 58.1 cm³/mol. The third-order valence-corrected chi connectivity index (χ3v) is 4.67. The third kappa shape index (κ3) is 1.51. The average Bonchev–Trinajstić information content (AvgIpc) is 2.00. The van der Waals surface area contributed by atoms with E-state index in [9.17, 15) is 4.79 Å². The first-order valence-corrected chi connectivity index (χ1v) is 5.96. The Labute approximate surface area is 87.3 Å². The van der Waals surface area contributed by atoms with Gasteiger partial charge in [0.25, 0.3) is 0 Å². The van der Waals surface area contributed by atoms with E-state index in [0.717, 1.165) is 25.2 Å². The van der Waals surface area contributed by atoms with Gasteiger partial charge in [-0.1, -0.05) is 27.2 Å². The summed E-state index contributed by atoms with van der Waals surface area (Å²) in [4.78, 5) is 11.5. The summed E-state index contributed by atoms with van der Waals surface area (Å²) in [6, 6.07) is 0. The second-order valence-corrected chi connectivity index (χ2v) is 6.30.